The largest absolute Gasteiger partial charge is 0.508 e. The standard InChI is InChI=1S/C15H24O2.C2H6/c1-11(2)6-5-7-15(3,4)12-8-13(16)10-14(17)9-12;1-2/h8-11,16-17H,5-7H2,1-4H3;1-2H3. The Bertz CT molecular complexity index is 347. The molecule has 0 saturated heterocycles. The van der Waals surface area contributed by atoms with Crippen LogP contribution in [-0.2, 0) is 5.41 Å². The van der Waals surface area contributed by atoms with Gasteiger partial charge in [0.15, 0.2) is 0 Å². The minimum absolute atomic E-state index is 0.00882. The van der Waals surface area contributed by atoms with E-state index in [0.717, 1.165) is 17.9 Å². The molecule has 0 spiro atoms. The van der Waals surface area contributed by atoms with Gasteiger partial charge in [-0.05, 0) is 35.4 Å². The van der Waals surface area contributed by atoms with E-state index in [0.29, 0.717) is 0 Å². The molecule has 0 saturated carbocycles. The van der Waals surface area contributed by atoms with Crippen molar-refractivity contribution in [3.05, 3.63) is 23.8 Å². The number of phenols is 2. The molecule has 1 aromatic carbocycles. The van der Waals surface area contributed by atoms with E-state index in [2.05, 4.69) is 27.7 Å². The first-order chi connectivity index (χ1) is 8.81. The molecule has 2 heteroatoms. The highest BCUT2D eigenvalue weighted by atomic mass is 16.3. The predicted octanol–water partition coefficient (Wildman–Crippen LogP) is 5.23. The molecule has 0 atom stereocenters. The van der Waals surface area contributed by atoms with Crippen LogP contribution in [-0.4, -0.2) is 10.2 Å². The summed E-state index contributed by atoms with van der Waals surface area (Å²) in [6.45, 7) is 12.8. The molecule has 1 aromatic rings. The second-order valence-corrected chi connectivity index (χ2v) is 5.91. The normalized spacial score (nSPS) is 11.1. The monoisotopic (exact) mass is 266 g/mol. The van der Waals surface area contributed by atoms with Crippen LogP contribution in [0.4, 0.5) is 0 Å². The first kappa shape index (κ1) is 17.8. The van der Waals surface area contributed by atoms with Crippen molar-refractivity contribution in [2.45, 2.75) is 66.2 Å². The second kappa shape index (κ2) is 8.08. The van der Waals surface area contributed by atoms with Crippen LogP contribution in [0.25, 0.3) is 0 Å². The lowest BCUT2D eigenvalue weighted by Crippen LogP contribution is -2.17. The van der Waals surface area contributed by atoms with E-state index in [4.69, 9.17) is 0 Å². The summed E-state index contributed by atoms with van der Waals surface area (Å²) in [5.74, 6) is 0.997. The van der Waals surface area contributed by atoms with Crippen LogP contribution in [0.1, 0.15) is 66.4 Å². The fraction of sp³-hybridized carbons (Fsp3) is 0.647. The summed E-state index contributed by atoms with van der Waals surface area (Å²) < 4.78 is 0. The first-order valence-corrected chi connectivity index (χ1v) is 7.35. The lowest BCUT2D eigenvalue weighted by atomic mass is 9.79. The van der Waals surface area contributed by atoms with E-state index in [1.807, 2.05) is 13.8 Å². The third-order valence-corrected chi connectivity index (χ3v) is 3.27. The fourth-order valence-corrected chi connectivity index (χ4v) is 2.08. The maximum absolute atomic E-state index is 9.51. The van der Waals surface area contributed by atoms with Crippen LogP contribution in [0.3, 0.4) is 0 Å². The van der Waals surface area contributed by atoms with Gasteiger partial charge in [0.25, 0.3) is 0 Å². The van der Waals surface area contributed by atoms with Crippen molar-refractivity contribution in [1.82, 2.24) is 0 Å². The van der Waals surface area contributed by atoms with Crippen LogP contribution in [0, 0.1) is 5.92 Å². The average molecular weight is 266 g/mol. The number of aromatic hydroxyl groups is 2. The third-order valence-electron chi connectivity index (χ3n) is 3.27. The first-order valence-electron chi connectivity index (χ1n) is 7.35. The molecule has 0 radical (unpaired) electrons. The van der Waals surface area contributed by atoms with Crippen molar-refractivity contribution in [2.24, 2.45) is 5.92 Å². The molecule has 110 valence electrons. The van der Waals surface area contributed by atoms with E-state index in [1.165, 1.54) is 18.9 Å². The van der Waals surface area contributed by atoms with Gasteiger partial charge in [0, 0.05) is 6.07 Å². The molecule has 0 aliphatic heterocycles. The molecule has 0 heterocycles. The molecule has 1 rings (SSSR count). The van der Waals surface area contributed by atoms with Gasteiger partial charge in [-0.15, -0.1) is 0 Å². The molecule has 19 heavy (non-hydrogen) atoms. The van der Waals surface area contributed by atoms with Crippen LogP contribution < -0.4 is 0 Å². The van der Waals surface area contributed by atoms with E-state index < -0.39 is 0 Å². The average Bonchev–Trinajstić information content (AvgIpc) is 2.29. The molecule has 0 fully saturated rings. The summed E-state index contributed by atoms with van der Waals surface area (Å²) in [7, 11) is 0. The van der Waals surface area contributed by atoms with E-state index in [-0.39, 0.29) is 16.9 Å². The predicted molar refractivity (Wildman–Crippen MR) is 82.8 cm³/mol. The fourth-order valence-electron chi connectivity index (χ4n) is 2.08. The van der Waals surface area contributed by atoms with Crippen LogP contribution in [0.15, 0.2) is 18.2 Å². The Hall–Kier alpha value is -1.18. The van der Waals surface area contributed by atoms with Gasteiger partial charge in [-0.2, -0.15) is 0 Å². The minimum atomic E-state index is -0.00882. The molecule has 0 bridgehead atoms. The molecule has 0 aromatic heterocycles. The minimum Gasteiger partial charge on any atom is -0.508 e. The van der Waals surface area contributed by atoms with Crippen molar-refractivity contribution in [3.8, 4) is 11.5 Å². The number of benzene rings is 1. The molecule has 0 unspecified atom stereocenters. The third kappa shape index (κ3) is 6.51. The van der Waals surface area contributed by atoms with Crippen molar-refractivity contribution < 1.29 is 10.2 Å². The molecule has 0 aliphatic rings. The van der Waals surface area contributed by atoms with Crippen molar-refractivity contribution >= 4 is 0 Å². The number of rotatable bonds is 5. The quantitative estimate of drug-likeness (QED) is 0.766. The van der Waals surface area contributed by atoms with Gasteiger partial charge in [0.1, 0.15) is 11.5 Å². The highest BCUT2D eigenvalue weighted by Crippen LogP contribution is 2.34. The Morgan fingerprint density at radius 3 is 1.89 bits per heavy atom. The zero-order valence-corrected chi connectivity index (χ0v) is 13.3. The van der Waals surface area contributed by atoms with Gasteiger partial charge in [-0.25, -0.2) is 0 Å². The van der Waals surface area contributed by atoms with Gasteiger partial charge in [0.2, 0.25) is 0 Å². The summed E-state index contributed by atoms with van der Waals surface area (Å²) in [5.41, 5.74) is 0.990. The van der Waals surface area contributed by atoms with Crippen molar-refractivity contribution in [3.63, 3.8) is 0 Å². The summed E-state index contributed by atoms with van der Waals surface area (Å²) in [5, 5.41) is 19.0. The Balaban J connectivity index is 0.00000154. The van der Waals surface area contributed by atoms with Gasteiger partial charge in [0.05, 0.1) is 0 Å². The highest BCUT2D eigenvalue weighted by molar-refractivity contribution is 5.39. The molecular weight excluding hydrogens is 236 g/mol. The SMILES string of the molecule is CC.CC(C)CCCC(C)(C)c1cc(O)cc(O)c1. The van der Waals surface area contributed by atoms with E-state index in [9.17, 15) is 10.2 Å². The van der Waals surface area contributed by atoms with Crippen molar-refractivity contribution in [2.75, 3.05) is 0 Å². The second-order valence-electron chi connectivity index (χ2n) is 5.91. The summed E-state index contributed by atoms with van der Waals surface area (Å²) in [6.07, 6.45) is 3.45. The summed E-state index contributed by atoms with van der Waals surface area (Å²) in [6, 6.07) is 4.86. The Kier molecular flexibility index (Phi) is 7.58. The maximum Gasteiger partial charge on any atom is 0.119 e. The molecule has 2 N–H and O–H groups in total. The van der Waals surface area contributed by atoms with E-state index >= 15 is 0 Å². The lowest BCUT2D eigenvalue weighted by molar-refractivity contribution is 0.411. The van der Waals surface area contributed by atoms with Crippen molar-refractivity contribution in [1.29, 1.82) is 0 Å². The molecule has 2 nitrogen and oxygen atoms in total. The Morgan fingerprint density at radius 2 is 1.47 bits per heavy atom. The maximum atomic E-state index is 9.51. The molecule has 0 aliphatic carbocycles. The molecular formula is C17H30O2. The van der Waals surface area contributed by atoms with Crippen LogP contribution in [0.2, 0.25) is 0 Å². The molecule has 0 amide bonds. The lowest BCUT2D eigenvalue weighted by Gasteiger charge is -2.26. The Labute approximate surface area is 118 Å². The van der Waals surface area contributed by atoms with E-state index in [1.54, 1.807) is 12.1 Å². The number of phenolic OH excluding ortho intramolecular Hbond substituents is 2. The number of hydrogen-bond donors (Lipinski definition) is 2. The van der Waals surface area contributed by atoms with Gasteiger partial charge in [-0.3, -0.25) is 0 Å². The van der Waals surface area contributed by atoms with Crippen LogP contribution in [0.5, 0.6) is 11.5 Å². The van der Waals surface area contributed by atoms with Gasteiger partial charge < -0.3 is 10.2 Å². The smallest absolute Gasteiger partial charge is 0.119 e. The van der Waals surface area contributed by atoms with Gasteiger partial charge in [-0.1, -0.05) is 54.4 Å². The summed E-state index contributed by atoms with van der Waals surface area (Å²) in [4.78, 5) is 0. The van der Waals surface area contributed by atoms with Crippen LogP contribution >= 0.6 is 0 Å². The topological polar surface area (TPSA) is 40.5 Å². The zero-order valence-electron chi connectivity index (χ0n) is 13.3. The summed E-state index contributed by atoms with van der Waals surface area (Å²) >= 11 is 0. The zero-order chi connectivity index (χ0) is 15.1. The Morgan fingerprint density at radius 1 is 1.00 bits per heavy atom. The van der Waals surface area contributed by atoms with Gasteiger partial charge >= 0.3 is 0 Å². The highest BCUT2D eigenvalue weighted by Gasteiger charge is 2.21. The number of hydrogen-bond acceptors (Lipinski definition) is 2.